The highest BCUT2D eigenvalue weighted by atomic mass is 79.9. The highest BCUT2D eigenvalue weighted by Crippen LogP contribution is 2.15. The zero-order chi connectivity index (χ0) is 13.5. The number of benzene rings is 1. The van der Waals surface area contributed by atoms with Crippen molar-refractivity contribution in [2.24, 2.45) is 0 Å². The second kappa shape index (κ2) is 7.45. The topological polar surface area (TPSA) is 58.6 Å². The largest absolute Gasteiger partial charge is 0.396 e. The maximum Gasteiger partial charge on any atom is 0.251 e. The van der Waals surface area contributed by atoms with Crippen LogP contribution in [-0.4, -0.2) is 37.4 Å². The van der Waals surface area contributed by atoms with Gasteiger partial charge in [-0.25, -0.2) is 4.39 Å². The van der Waals surface area contributed by atoms with E-state index in [1.807, 2.05) is 0 Å². The van der Waals surface area contributed by atoms with Crippen LogP contribution in [0.3, 0.4) is 0 Å². The summed E-state index contributed by atoms with van der Waals surface area (Å²) in [7, 11) is 1.51. The van der Waals surface area contributed by atoms with Gasteiger partial charge in [0.25, 0.3) is 5.91 Å². The Morgan fingerprint density at radius 3 is 2.83 bits per heavy atom. The summed E-state index contributed by atoms with van der Waals surface area (Å²) in [6.45, 7) is 0.240. The zero-order valence-corrected chi connectivity index (χ0v) is 11.5. The second-order valence-corrected chi connectivity index (χ2v) is 4.71. The van der Waals surface area contributed by atoms with Crippen LogP contribution in [0.1, 0.15) is 16.8 Å². The molecule has 0 fully saturated rings. The van der Waals surface area contributed by atoms with Crippen molar-refractivity contribution in [3.05, 3.63) is 34.1 Å². The van der Waals surface area contributed by atoms with Crippen LogP contribution in [0.5, 0.6) is 0 Å². The van der Waals surface area contributed by atoms with E-state index < -0.39 is 11.7 Å². The molecule has 0 heterocycles. The quantitative estimate of drug-likeness (QED) is 0.839. The first-order valence-electron chi connectivity index (χ1n) is 5.43. The van der Waals surface area contributed by atoms with Crippen molar-refractivity contribution in [3.8, 4) is 0 Å². The Morgan fingerprint density at radius 1 is 1.56 bits per heavy atom. The number of hydrogen-bond acceptors (Lipinski definition) is 3. The number of rotatable bonds is 6. The van der Waals surface area contributed by atoms with E-state index in [1.165, 1.54) is 19.2 Å². The molecular weight excluding hydrogens is 305 g/mol. The standard InChI is InChI=1S/C12H15BrFNO3/c1-18-7-11(2-3-16)15-12(17)8-4-9(13)6-10(14)5-8/h4-6,11,16H,2-3,7H2,1H3,(H,15,17). The lowest BCUT2D eigenvalue weighted by atomic mass is 10.1. The lowest BCUT2D eigenvalue weighted by Gasteiger charge is -2.16. The van der Waals surface area contributed by atoms with Crippen molar-refractivity contribution in [2.45, 2.75) is 12.5 Å². The van der Waals surface area contributed by atoms with E-state index in [0.717, 1.165) is 6.07 Å². The highest BCUT2D eigenvalue weighted by Gasteiger charge is 2.14. The van der Waals surface area contributed by atoms with Crippen molar-refractivity contribution < 1.29 is 19.0 Å². The third-order valence-electron chi connectivity index (χ3n) is 2.31. The van der Waals surface area contributed by atoms with Crippen molar-refractivity contribution in [3.63, 3.8) is 0 Å². The summed E-state index contributed by atoms with van der Waals surface area (Å²) in [5.74, 6) is -0.884. The molecule has 4 nitrogen and oxygen atoms in total. The number of aliphatic hydroxyl groups excluding tert-OH is 1. The Labute approximate surface area is 113 Å². The molecular formula is C12H15BrFNO3. The maximum atomic E-state index is 13.1. The van der Waals surface area contributed by atoms with E-state index in [4.69, 9.17) is 9.84 Å². The molecule has 1 aromatic carbocycles. The van der Waals surface area contributed by atoms with Crippen molar-refractivity contribution in [1.29, 1.82) is 0 Å². The Balaban J connectivity index is 2.73. The van der Waals surface area contributed by atoms with Crippen LogP contribution in [0, 0.1) is 5.82 Å². The van der Waals surface area contributed by atoms with Gasteiger partial charge in [0.05, 0.1) is 12.6 Å². The van der Waals surface area contributed by atoms with Gasteiger partial charge in [0.2, 0.25) is 0 Å². The number of amides is 1. The van der Waals surface area contributed by atoms with Crippen molar-refractivity contribution >= 4 is 21.8 Å². The average Bonchev–Trinajstić information content (AvgIpc) is 2.28. The van der Waals surface area contributed by atoms with Crippen LogP contribution in [0.15, 0.2) is 22.7 Å². The predicted octanol–water partition coefficient (Wildman–Crippen LogP) is 1.72. The van der Waals surface area contributed by atoms with Gasteiger partial charge < -0.3 is 15.2 Å². The van der Waals surface area contributed by atoms with Gasteiger partial charge in [-0.3, -0.25) is 4.79 Å². The van der Waals surface area contributed by atoms with Crippen LogP contribution in [0.4, 0.5) is 4.39 Å². The van der Waals surface area contributed by atoms with Gasteiger partial charge >= 0.3 is 0 Å². The van der Waals surface area contributed by atoms with Crippen LogP contribution in [-0.2, 0) is 4.74 Å². The molecule has 100 valence electrons. The number of carbonyl (C=O) groups is 1. The fraction of sp³-hybridized carbons (Fsp3) is 0.417. The predicted molar refractivity (Wildman–Crippen MR) is 68.9 cm³/mol. The molecule has 1 amide bonds. The molecule has 18 heavy (non-hydrogen) atoms. The lowest BCUT2D eigenvalue weighted by molar-refractivity contribution is 0.0878. The minimum Gasteiger partial charge on any atom is -0.396 e. The van der Waals surface area contributed by atoms with Gasteiger partial charge in [-0.05, 0) is 24.6 Å². The minimum atomic E-state index is -0.486. The summed E-state index contributed by atoms with van der Waals surface area (Å²) in [5.41, 5.74) is 0.223. The molecule has 0 spiro atoms. The minimum absolute atomic E-state index is 0.0544. The monoisotopic (exact) mass is 319 g/mol. The smallest absolute Gasteiger partial charge is 0.251 e. The Morgan fingerprint density at radius 2 is 2.28 bits per heavy atom. The first kappa shape index (κ1) is 15.1. The fourth-order valence-electron chi connectivity index (χ4n) is 1.51. The summed E-state index contributed by atoms with van der Waals surface area (Å²) in [5, 5.41) is 11.5. The molecule has 2 N–H and O–H groups in total. The second-order valence-electron chi connectivity index (χ2n) is 3.80. The molecule has 0 saturated heterocycles. The third-order valence-corrected chi connectivity index (χ3v) is 2.76. The molecule has 0 saturated carbocycles. The first-order chi connectivity index (χ1) is 8.56. The molecule has 1 aromatic rings. The van der Waals surface area contributed by atoms with E-state index in [-0.39, 0.29) is 18.2 Å². The van der Waals surface area contributed by atoms with Gasteiger partial charge in [0.15, 0.2) is 0 Å². The van der Waals surface area contributed by atoms with E-state index in [0.29, 0.717) is 17.5 Å². The highest BCUT2D eigenvalue weighted by molar-refractivity contribution is 9.10. The van der Waals surface area contributed by atoms with Gasteiger partial charge in [0, 0.05) is 23.8 Å². The summed E-state index contributed by atoms with van der Waals surface area (Å²) in [4.78, 5) is 11.9. The van der Waals surface area contributed by atoms with E-state index >= 15 is 0 Å². The molecule has 1 rings (SSSR count). The number of aliphatic hydroxyl groups is 1. The van der Waals surface area contributed by atoms with Crippen molar-refractivity contribution in [1.82, 2.24) is 5.32 Å². The van der Waals surface area contributed by atoms with Crippen LogP contribution < -0.4 is 5.32 Å². The normalized spacial score (nSPS) is 12.2. The number of nitrogens with one attached hydrogen (secondary N) is 1. The zero-order valence-electron chi connectivity index (χ0n) is 9.95. The lowest BCUT2D eigenvalue weighted by Crippen LogP contribution is -2.38. The van der Waals surface area contributed by atoms with Gasteiger partial charge in [-0.15, -0.1) is 0 Å². The molecule has 0 bridgehead atoms. The Bertz CT molecular complexity index is 388. The summed E-state index contributed by atoms with van der Waals surface area (Å²) in [6, 6.07) is 3.66. The number of carbonyl (C=O) groups excluding carboxylic acids is 1. The Hall–Kier alpha value is -0.980. The number of hydrogen-bond donors (Lipinski definition) is 2. The molecule has 0 aliphatic rings. The molecule has 0 aliphatic carbocycles. The molecule has 0 aromatic heterocycles. The van der Waals surface area contributed by atoms with Crippen LogP contribution >= 0.6 is 15.9 Å². The summed E-state index contributed by atoms with van der Waals surface area (Å²) >= 11 is 3.12. The SMILES string of the molecule is COCC(CCO)NC(=O)c1cc(F)cc(Br)c1. The van der Waals surface area contributed by atoms with Crippen molar-refractivity contribution in [2.75, 3.05) is 20.3 Å². The summed E-state index contributed by atoms with van der Waals surface area (Å²) in [6.07, 6.45) is 0.385. The van der Waals surface area contributed by atoms with E-state index in [9.17, 15) is 9.18 Å². The number of methoxy groups -OCH3 is 1. The van der Waals surface area contributed by atoms with Gasteiger partial charge in [0.1, 0.15) is 5.82 Å². The fourth-order valence-corrected chi connectivity index (χ4v) is 1.97. The van der Waals surface area contributed by atoms with E-state index in [2.05, 4.69) is 21.2 Å². The summed E-state index contributed by atoms with van der Waals surface area (Å²) < 4.78 is 18.6. The van der Waals surface area contributed by atoms with E-state index in [1.54, 1.807) is 0 Å². The third kappa shape index (κ3) is 4.72. The van der Waals surface area contributed by atoms with Crippen LogP contribution in [0.2, 0.25) is 0 Å². The Kier molecular flexibility index (Phi) is 6.24. The molecule has 0 radical (unpaired) electrons. The molecule has 1 unspecified atom stereocenters. The maximum absolute atomic E-state index is 13.1. The van der Waals surface area contributed by atoms with Crippen LogP contribution in [0.25, 0.3) is 0 Å². The molecule has 1 atom stereocenters. The molecule has 0 aliphatic heterocycles. The number of halogens is 2. The average molecular weight is 320 g/mol. The number of ether oxygens (including phenoxy) is 1. The first-order valence-corrected chi connectivity index (χ1v) is 6.23. The molecule has 6 heteroatoms. The van der Waals surface area contributed by atoms with Gasteiger partial charge in [-0.2, -0.15) is 0 Å². The van der Waals surface area contributed by atoms with Gasteiger partial charge in [-0.1, -0.05) is 15.9 Å².